The van der Waals surface area contributed by atoms with Crippen molar-refractivity contribution in [2.75, 3.05) is 13.1 Å². The fourth-order valence-corrected chi connectivity index (χ4v) is 1.60. The minimum atomic E-state index is -0.262. The first kappa shape index (κ1) is 14.9. The van der Waals surface area contributed by atoms with Gasteiger partial charge in [-0.15, -0.1) is 0 Å². The topological polar surface area (TPSA) is 63.4 Å². The van der Waals surface area contributed by atoms with Gasteiger partial charge >= 0.3 is 0 Å². The molecule has 2 N–H and O–H groups in total. The van der Waals surface area contributed by atoms with Gasteiger partial charge in [-0.2, -0.15) is 0 Å². The zero-order chi connectivity index (χ0) is 12.4. The number of nitrogens with two attached hydrogens (primary N) is 1. The molecule has 0 atom stereocenters. The first-order valence-corrected chi connectivity index (χ1v) is 6.17. The van der Waals surface area contributed by atoms with Crippen molar-refractivity contribution in [2.45, 2.75) is 52.4 Å². The van der Waals surface area contributed by atoms with Gasteiger partial charge in [0, 0.05) is 25.9 Å². The van der Waals surface area contributed by atoms with E-state index < -0.39 is 0 Å². The van der Waals surface area contributed by atoms with Crippen LogP contribution in [0.3, 0.4) is 0 Å². The van der Waals surface area contributed by atoms with Gasteiger partial charge in [0.25, 0.3) is 0 Å². The molecule has 0 aromatic carbocycles. The van der Waals surface area contributed by atoms with E-state index in [1.807, 2.05) is 11.8 Å². The molecule has 0 aliphatic carbocycles. The fraction of sp³-hybridized carbons (Fsp3) is 0.833. The van der Waals surface area contributed by atoms with Crippen molar-refractivity contribution in [3.8, 4) is 0 Å². The van der Waals surface area contributed by atoms with E-state index in [1.54, 1.807) is 0 Å². The van der Waals surface area contributed by atoms with Gasteiger partial charge in [-0.1, -0.05) is 13.8 Å². The van der Waals surface area contributed by atoms with E-state index >= 15 is 0 Å². The van der Waals surface area contributed by atoms with Gasteiger partial charge in [0.05, 0.1) is 0 Å². The second-order valence-corrected chi connectivity index (χ2v) is 4.05. The number of hydrogen-bond acceptors (Lipinski definition) is 2. The molecule has 0 aromatic rings. The molecule has 16 heavy (non-hydrogen) atoms. The van der Waals surface area contributed by atoms with Crippen LogP contribution in [0.2, 0.25) is 0 Å². The van der Waals surface area contributed by atoms with Crippen LogP contribution in [0.5, 0.6) is 0 Å². The van der Waals surface area contributed by atoms with Crippen LogP contribution in [0.15, 0.2) is 0 Å². The number of unbranched alkanes of at least 4 members (excludes halogenated alkanes) is 1. The second kappa shape index (κ2) is 9.19. The lowest BCUT2D eigenvalue weighted by Gasteiger charge is -2.21. The van der Waals surface area contributed by atoms with E-state index in [1.165, 1.54) is 0 Å². The van der Waals surface area contributed by atoms with Gasteiger partial charge in [0.1, 0.15) is 0 Å². The fourth-order valence-electron chi connectivity index (χ4n) is 1.60. The van der Waals surface area contributed by atoms with E-state index in [2.05, 4.69) is 6.92 Å². The zero-order valence-corrected chi connectivity index (χ0v) is 10.5. The molecule has 0 unspecified atom stereocenters. The molecule has 0 aliphatic rings. The first-order valence-electron chi connectivity index (χ1n) is 6.17. The van der Waals surface area contributed by atoms with Gasteiger partial charge in [0.15, 0.2) is 0 Å². The summed E-state index contributed by atoms with van der Waals surface area (Å²) in [4.78, 5) is 24.1. The standard InChI is InChI=1S/C12H24N2O2/c1-3-7-12(16)14(9-4-2)10-6-5-8-11(13)15/h3-10H2,1-2H3,(H2,13,15). The summed E-state index contributed by atoms with van der Waals surface area (Å²) in [5, 5.41) is 0. The van der Waals surface area contributed by atoms with Crippen molar-refractivity contribution in [3.05, 3.63) is 0 Å². The Morgan fingerprint density at radius 2 is 1.69 bits per heavy atom. The van der Waals surface area contributed by atoms with E-state index in [-0.39, 0.29) is 11.8 Å². The van der Waals surface area contributed by atoms with Gasteiger partial charge in [-0.3, -0.25) is 9.59 Å². The Bertz CT molecular complexity index is 217. The SMILES string of the molecule is CCCC(=O)N(CCC)CCCCC(N)=O. The third-order valence-corrected chi connectivity index (χ3v) is 2.41. The number of amides is 2. The molecule has 0 bridgehead atoms. The van der Waals surface area contributed by atoms with Crippen molar-refractivity contribution in [2.24, 2.45) is 5.73 Å². The molecule has 94 valence electrons. The first-order chi connectivity index (χ1) is 7.61. The highest BCUT2D eigenvalue weighted by atomic mass is 16.2. The molecular formula is C12H24N2O2. The lowest BCUT2D eigenvalue weighted by atomic mass is 10.2. The highest BCUT2D eigenvalue weighted by Crippen LogP contribution is 2.03. The Hall–Kier alpha value is -1.06. The van der Waals surface area contributed by atoms with Crippen LogP contribution in [0.4, 0.5) is 0 Å². The second-order valence-electron chi connectivity index (χ2n) is 4.05. The number of primary amides is 1. The van der Waals surface area contributed by atoms with E-state index in [4.69, 9.17) is 5.73 Å². The van der Waals surface area contributed by atoms with Crippen molar-refractivity contribution in [1.82, 2.24) is 4.90 Å². The van der Waals surface area contributed by atoms with Crippen LogP contribution in [-0.2, 0) is 9.59 Å². The van der Waals surface area contributed by atoms with Gasteiger partial charge in [-0.05, 0) is 25.7 Å². The maximum atomic E-state index is 11.7. The van der Waals surface area contributed by atoms with E-state index in [0.29, 0.717) is 12.8 Å². The average molecular weight is 228 g/mol. The number of rotatable bonds is 9. The summed E-state index contributed by atoms with van der Waals surface area (Å²) < 4.78 is 0. The van der Waals surface area contributed by atoms with Crippen molar-refractivity contribution in [3.63, 3.8) is 0 Å². The molecule has 2 amide bonds. The maximum Gasteiger partial charge on any atom is 0.222 e. The third-order valence-electron chi connectivity index (χ3n) is 2.41. The minimum Gasteiger partial charge on any atom is -0.370 e. The monoisotopic (exact) mass is 228 g/mol. The quantitative estimate of drug-likeness (QED) is 0.610. The third kappa shape index (κ3) is 7.26. The summed E-state index contributed by atoms with van der Waals surface area (Å²) in [6.45, 7) is 5.64. The summed E-state index contributed by atoms with van der Waals surface area (Å²) >= 11 is 0. The van der Waals surface area contributed by atoms with Crippen molar-refractivity contribution >= 4 is 11.8 Å². The molecule has 0 spiro atoms. The van der Waals surface area contributed by atoms with Crippen LogP contribution >= 0.6 is 0 Å². The molecule has 0 saturated carbocycles. The average Bonchev–Trinajstić information content (AvgIpc) is 2.22. The highest BCUT2D eigenvalue weighted by molar-refractivity contribution is 5.76. The van der Waals surface area contributed by atoms with Crippen molar-refractivity contribution in [1.29, 1.82) is 0 Å². The Labute approximate surface area is 98.2 Å². The molecule has 4 nitrogen and oxygen atoms in total. The molecular weight excluding hydrogens is 204 g/mol. The summed E-state index contributed by atoms with van der Waals surface area (Å²) in [6.07, 6.45) is 4.54. The van der Waals surface area contributed by atoms with Crippen LogP contribution in [0.25, 0.3) is 0 Å². The Morgan fingerprint density at radius 3 is 2.19 bits per heavy atom. The number of nitrogens with zero attached hydrogens (tertiary/aromatic N) is 1. The zero-order valence-electron chi connectivity index (χ0n) is 10.5. The molecule has 4 heteroatoms. The lowest BCUT2D eigenvalue weighted by Crippen LogP contribution is -2.32. The normalized spacial score (nSPS) is 10.1. The summed E-state index contributed by atoms with van der Waals surface area (Å²) in [5.74, 6) is -0.0367. The predicted molar refractivity (Wildman–Crippen MR) is 64.8 cm³/mol. The molecule has 0 aromatic heterocycles. The smallest absolute Gasteiger partial charge is 0.222 e. The minimum absolute atomic E-state index is 0.225. The maximum absolute atomic E-state index is 11.7. The van der Waals surface area contributed by atoms with Crippen LogP contribution in [0.1, 0.15) is 52.4 Å². The van der Waals surface area contributed by atoms with Crippen molar-refractivity contribution < 1.29 is 9.59 Å². The van der Waals surface area contributed by atoms with Crippen LogP contribution in [-0.4, -0.2) is 29.8 Å². The molecule has 0 saturated heterocycles. The molecule has 0 heterocycles. The summed E-state index contributed by atoms with van der Waals surface area (Å²) in [5.41, 5.74) is 5.06. The number of carbonyl (C=O) groups excluding carboxylic acids is 2. The molecule has 0 aliphatic heterocycles. The Morgan fingerprint density at radius 1 is 1.00 bits per heavy atom. The van der Waals surface area contributed by atoms with E-state index in [9.17, 15) is 9.59 Å². The Balaban J connectivity index is 3.84. The Kier molecular flexibility index (Phi) is 8.58. The summed E-state index contributed by atoms with van der Waals surface area (Å²) in [7, 11) is 0. The number of hydrogen-bond donors (Lipinski definition) is 1. The van der Waals surface area contributed by atoms with Crippen LogP contribution in [0, 0.1) is 0 Å². The highest BCUT2D eigenvalue weighted by Gasteiger charge is 2.10. The summed E-state index contributed by atoms with van der Waals surface area (Å²) in [6, 6.07) is 0. The molecule has 0 radical (unpaired) electrons. The van der Waals surface area contributed by atoms with E-state index in [0.717, 1.165) is 38.8 Å². The molecule has 0 fully saturated rings. The van der Waals surface area contributed by atoms with Crippen LogP contribution < -0.4 is 5.73 Å². The largest absolute Gasteiger partial charge is 0.370 e. The molecule has 0 rings (SSSR count). The van der Waals surface area contributed by atoms with Gasteiger partial charge < -0.3 is 10.6 Å². The van der Waals surface area contributed by atoms with Gasteiger partial charge in [-0.25, -0.2) is 0 Å². The predicted octanol–water partition coefficient (Wildman–Crippen LogP) is 1.68. The van der Waals surface area contributed by atoms with Gasteiger partial charge in [0.2, 0.25) is 11.8 Å². The lowest BCUT2D eigenvalue weighted by molar-refractivity contribution is -0.131. The number of carbonyl (C=O) groups is 2.